The Hall–Kier alpha value is -2.32. The van der Waals surface area contributed by atoms with E-state index in [0.717, 1.165) is 77.0 Å². The minimum absolute atomic E-state index is 0.0614. The topological polar surface area (TPSA) is 105 Å². The maximum atomic E-state index is 13.1. The molecule has 9 heteroatoms. The molecule has 0 aliphatic rings. The SMILES string of the molecule is CC/C=C\C/C=C\C/C=C\C/C=C\C/C=C\C/C=C\CCCCCCCCCCCCCCCCCCCCCCC(=O)NC(COP(=O)(O)OCC[N+](C)(C)C)C(O)/C=C/CCCCCCCCCCCCCCCCCCCCCCC. The predicted molar refractivity (Wildman–Crippen MR) is 369 cm³/mol. The quantitative estimate of drug-likeness (QED) is 0.0243. The number of phosphoric acid groups is 1. The first-order valence-corrected chi connectivity index (χ1v) is 37.5. The third kappa shape index (κ3) is 67.2. The molecule has 490 valence electrons. The van der Waals surface area contributed by atoms with Gasteiger partial charge in [0.15, 0.2) is 0 Å². The number of nitrogens with one attached hydrogen (secondary N) is 1. The highest BCUT2D eigenvalue weighted by molar-refractivity contribution is 7.47. The monoisotopic (exact) mass is 1200 g/mol. The Morgan fingerprint density at radius 3 is 1.05 bits per heavy atom. The van der Waals surface area contributed by atoms with Crippen molar-refractivity contribution in [1.82, 2.24) is 5.32 Å². The first kappa shape index (κ1) is 81.7. The van der Waals surface area contributed by atoms with Crippen LogP contribution in [0.4, 0.5) is 0 Å². The number of aliphatic hydroxyl groups excluding tert-OH is 1. The van der Waals surface area contributed by atoms with E-state index in [1.807, 2.05) is 27.2 Å². The van der Waals surface area contributed by atoms with Gasteiger partial charge < -0.3 is 19.8 Å². The van der Waals surface area contributed by atoms with E-state index in [2.05, 4.69) is 92.1 Å². The number of aliphatic hydroxyl groups is 1. The van der Waals surface area contributed by atoms with E-state index < -0.39 is 20.0 Å². The van der Waals surface area contributed by atoms with E-state index >= 15 is 0 Å². The molecule has 3 N–H and O–H groups in total. The van der Waals surface area contributed by atoms with Crippen LogP contribution in [-0.2, 0) is 18.4 Å². The Morgan fingerprint density at radius 1 is 0.417 bits per heavy atom. The highest BCUT2D eigenvalue weighted by atomic mass is 31.2. The molecule has 3 atom stereocenters. The van der Waals surface area contributed by atoms with Crippen LogP contribution in [0.2, 0.25) is 0 Å². The molecule has 8 nitrogen and oxygen atoms in total. The van der Waals surface area contributed by atoms with Crippen LogP contribution >= 0.6 is 7.82 Å². The summed E-state index contributed by atoms with van der Waals surface area (Å²) in [6, 6.07) is -0.849. The molecule has 0 rings (SSSR count). The molecule has 0 heterocycles. The molecule has 0 aromatic rings. The predicted octanol–water partition coefficient (Wildman–Crippen LogP) is 23.1. The van der Waals surface area contributed by atoms with Crippen LogP contribution in [0.15, 0.2) is 85.1 Å². The van der Waals surface area contributed by atoms with Gasteiger partial charge in [-0.25, -0.2) is 4.57 Å². The first-order chi connectivity index (χ1) is 41.0. The fourth-order valence-corrected chi connectivity index (χ4v) is 11.3. The van der Waals surface area contributed by atoms with E-state index in [9.17, 15) is 19.4 Å². The van der Waals surface area contributed by atoms with Gasteiger partial charge in [0.05, 0.1) is 39.9 Å². The average molecular weight is 1200 g/mol. The Labute approximate surface area is 522 Å². The molecule has 0 fully saturated rings. The van der Waals surface area contributed by atoms with Crippen molar-refractivity contribution in [2.75, 3.05) is 40.9 Å². The molecule has 0 radical (unpaired) electrons. The van der Waals surface area contributed by atoms with Crippen molar-refractivity contribution in [3.05, 3.63) is 85.1 Å². The molecular weight excluding hydrogens is 1060 g/mol. The summed E-state index contributed by atoms with van der Waals surface area (Å²) in [7, 11) is 1.58. The van der Waals surface area contributed by atoms with Crippen molar-refractivity contribution in [3.63, 3.8) is 0 Å². The lowest BCUT2D eigenvalue weighted by Gasteiger charge is -2.25. The Bertz CT molecular complexity index is 1650. The van der Waals surface area contributed by atoms with E-state index in [-0.39, 0.29) is 19.1 Å². The summed E-state index contributed by atoms with van der Waals surface area (Å²) in [5.41, 5.74) is 0. The van der Waals surface area contributed by atoms with Gasteiger partial charge in [0.2, 0.25) is 5.91 Å². The molecule has 3 unspecified atom stereocenters. The number of phosphoric ester groups is 1. The molecule has 0 saturated heterocycles. The fraction of sp³-hybridized carbons (Fsp3) is 0.800. The lowest BCUT2D eigenvalue weighted by atomic mass is 10.0. The maximum absolute atomic E-state index is 13.1. The second-order valence-corrected chi connectivity index (χ2v) is 27.0. The van der Waals surface area contributed by atoms with Gasteiger partial charge in [-0.2, -0.15) is 0 Å². The Balaban J connectivity index is 3.99. The number of unbranched alkanes of at least 4 members (excludes halogenated alkanes) is 41. The normalized spacial score (nSPS) is 14.1. The molecule has 0 bridgehead atoms. The van der Waals surface area contributed by atoms with Crippen LogP contribution in [0.25, 0.3) is 0 Å². The number of quaternary nitrogens is 1. The van der Waals surface area contributed by atoms with Gasteiger partial charge in [-0.1, -0.05) is 343 Å². The smallest absolute Gasteiger partial charge is 0.387 e. The number of likely N-dealkylation sites (N-methyl/N-ethyl adjacent to an activating group) is 1. The summed E-state index contributed by atoms with van der Waals surface area (Å²) in [6.07, 6.45) is 93.1. The number of amides is 1. The summed E-state index contributed by atoms with van der Waals surface area (Å²) in [5.74, 6) is -0.172. The third-order valence-corrected chi connectivity index (χ3v) is 17.1. The van der Waals surface area contributed by atoms with Gasteiger partial charge in [0.1, 0.15) is 13.2 Å². The van der Waals surface area contributed by atoms with Crippen molar-refractivity contribution in [3.8, 4) is 0 Å². The summed E-state index contributed by atoms with van der Waals surface area (Å²) >= 11 is 0. The molecule has 0 aliphatic carbocycles. The van der Waals surface area contributed by atoms with Crippen LogP contribution in [0.1, 0.15) is 335 Å². The second kappa shape index (κ2) is 65.1. The molecule has 0 aliphatic heterocycles. The van der Waals surface area contributed by atoms with Gasteiger partial charge in [-0.3, -0.25) is 13.8 Å². The average Bonchev–Trinajstić information content (AvgIpc) is 3.56. The van der Waals surface area contributed by atoms with Crippen LogP contribution < -0.4 is 5.32 Å². The van der Waals surface area contributed by atoms with Crippen molar-refractivity contribution in [2.24, 2.45) is 0 Å². The molecule has 0 spiro atoms. The molecule has 84 heavy (non-hydrogen) atoms. The summed E-state index contributed by atoms with van der Waals surface area (Å²) in [6.45, 7) is 4.74. The minimum Gasteiger partial charge on any atom is -0.387 e. The van der Waals surface area contributed by atoms with Gasteiger partial charge >= 0.3 is 7.82 Å². The number of hydrogen-bond donors (Lipinski definition) is 3. The van der Waals surface area contributed by atoms with Crippen molar-refractivity contribution in [1.29, 1.82) is 0 Å². The Kier molecular flexibility index (Phi) is 63.3. The molecular formula is C75H140N2O6P+. The van der Waals surface area contributed by atoms with Gasteiger partial charge in [0, 0.05) is 6.42 Å². The van der Waals surface area contributed by atoms with Crippen LogP contribution in [0, 0.1) is 0 Å². The highest BCUT2D eigenvalue weighted by Crippen LogP contribution is 2.43. The lowest BCUT2D eigenvalue weighted by molar-refractivity contribution is -0.870. The van der Waals surface area contributed by atoms with Crippen LogP contribution in [-0.4, -0.2) is 73.4 Å². The summed E-state index contributed by atoms with van der Waals surface area (Å²) in [4.78, 5) is 23.4. The molecule has 1 amide bonds. The van der Waals surface area contributed by atoms with Gasteiger partial charge in [-0.15, -0.1) is 0 Å². The zero-order valence-electron chi connectivity index (χ0n) is 56.1. The zero-order chi connectivity index (χ0) is 61.2. The number of hydrogen-bond acceptors (Lipinski definition) is 5. The number of allylic oxidation sites excluding steroid dienone is 13. The standard InChI is InChI=1S/C75H139N2O6P/c1-6-8-10-12-14-16-18-20-22-24-26-28-30-31-32-33-34-35-36-37-38-39-40-41-42-43-44-45-47-49-51-53-55-57-59-61-63-65-67-69-75(79)76-73(72-83-84(80,81)82-71-70-77(3,4)5)74(78)68-66-64-62-60-58-56-54-52-50-48-46-29-27-25-23-21-19-17-15-13-11-9-7-2/h8,10,14,16,20,22,26,28,31-32,34-35,66,68,73-74,78H,6-7,9,11-13,15,17-19,21,23-25,27,29-30,33,36-65,67,69-72H2,1-5H3,(H-,76,79,80,81)/p+1/b10-8-,16-14-,22-20-,28-26-,32-31-,35-34-,68-66+. The molecule has 0 aromatic carbocycles. The third-order valence-electron chi connectivity index (χ3n) is 16.1. The van der Waals surface area contributed by atoms with Crippen LogP contribution in [0.5, 0.6) is 0 Å². The van der Waals surface area contributed by atoms with Crippen molar-refractivity contribution < 1.29 is 32.9 Å². The molecule has 0 aromatic heterocycles. The number of nitrogens with zero attached hydrogens (tertiary/aromatic N) is 1. The van der Waals surface area contributed by atoms with Crippen molar-refractivity contribution in [2.45, 2.75) is 347 Å². The summed E-state index contributed by atoms with van der Waals surface area (Å²) in [5, 5.41) is 14.0. The number of carbonyl (C=O) groups excluding carboxylic acids is 1. The van der Waals surface area contributed by atoms with Gasteiger partial charge in [0.25, 0.3) is 0 Å². The van der Waals surface area contributed by atoms with E-state index in [4.69, 9.17) is 9.05 Å². The minimum atomic E-state index is -4.36. The largest absolute Gasteiger partial charge is 0.472 e. The van der Waals surface area contributed by atoms with Crippen molar-refractivity contribution >= 4 is 13.7 Å². The highest BCUT2D eigenvalue weighted by Gasteiger charge is 2.28. The van der Waals surface area contributed by atoms with Gasteiger partial charge in [-0.05, 0) is 70.6 Å². The first-order valence-electron chi connectivity index (χ1n) is 36.0. The van der Waals surface area contributed by atoms with E-state index in [0.29, 0.717) is 17.4 Å². The van der Waals surface area contributed by atoms with E-state index in [1.54, 1.807) is 6.08 Å². The zero-order valence-corrected chi connectivity index (χ0v) is 57.0. The fourth-order valence-electron chi connectivity index (χ4n) is 10.6. The summed E-state index contributed by atoms with van der Waals surface area (Å²) < 4.78 is 23.8. The Morgan fingerprint density at radius 2 is 0.714 bits per heavy atom. The van der Waals surface area contributed by atoms with Crippen LogP contribution in [0.3, 0.4) is 0 Å². The number of rotatable bonds is 66. The number of carbonyl (C=O) groups is 1. The van der Waals surface area contributed by atoms with E-state index in [1.165, 1.54) is 238 Å². The second-order valence-electron chi connectivity index (χ2n) is 25.6. The lowest BCUT2D eigenvalue weighted by Crippen LogP contribution is -2.45. The molecule has 0 saturated carbocycles. The maximum Gasteiger partial charge on any atom is 0.472 e.